The zero-order chi connectivity index (χ0) is 11.1. The number of aryl methyl sites for hydroxylation is 1. The van der Waals surface area contributed by atoms with Crippen molar-refractivity contribution in [2.24, 2.45) is 0 Å². The number of fused-ring (bicyclic) bond motifs is 2. The standard InChI is InChI=1S/C9H11N5OS/c1-16-9-11-8-10-6-4-2-3-5(6)7(13-15)14(8)12-9/h13,15H,2-4H2,1H3. The fourth-order valence-electron chi connectivity index (χ4n) is 2.06. The van der Waals surface area contributed by atoms with Crippen LogP contribution in [0.25, 0.3) is 5.78 Å². The molecule has 2 aromatic rings. The van der Waals surface area contributed by atoms with Crippen molar-refractivity contribution in [3.63, 3.8) is 0 Å². The van der Waals surface area contributed by atoms with Crippen LogP contribution in [0.4, 0.5) is 5.82 Å². The maximum Gasteiger partial charge on any atom is 0.255 e. The average molecular weight is 237 g/mol. The minimum atomic E-state index is 0.543. The van der Waals surface area contributed by atoms with Crippen LogP contribution in [-0.2, 0) is 12.8 Å². The molecule has 0 spiro atoms. The van der Waals surface area contributed by atoms with E-state index in [2.05, 4.69) is 20.5 Å². The summed E-state index contributed by atoms with van der Waals surface area (Å²) in [6.07, 6.45) is 4.85. The van der Waals surface area contributed by atoms with Gasteiger partial charge < -0.3 is 0 Å². The van der Waals surface area contributed by atoms with Crippen molar-refractivity contribution in [3.05, 3.63) is 11.3 Å². The van der Waals surface area contributed by atoms with Crippen LogP contribution in [0.15, 0.2) is 5.16 Å². The zero-order valence-corrected chi connectivity index (χ0v) is 9.58. The largest absolute Gasteiger partial charge is 0.290 e. The van der Waals surface area contributed by atoms with Gasteiger partial charge in [0, 0.05) is 5.56 Å². The highest BCUT2D eigenvalue weighted by Crippen LogP contribution is 2.28. The lowest BCUT2D eigenvalue weighted by Crippen LogP contribution is -2.06. The van der Waals surface area contributed by atoms with Gasteiger partial charge in [0.25, 0.3) is 5.78 Å². The Bertz CT molecular complexity index is 552. The SMILES string of the molecule is CSc1nc2nc3c(c(NO)n2n1)CCC3. The molecule has 0 unspecified atom stereocenters. The van der Waals surface area contributed by atoms with Crippen LogP contribution in [-0.4, -0.2) is 31.0 Å². The van der Waals surface area contributed by atoms with E-state index in [0.717, 1.165) is 30.5 Å². The number of anilines is 1. The zero-order valence-electron chi connectivity index (χ0n) is 8.77. The maximum absolute atomic E-state index is 9.21. The van der Waals surface area contributed by atoms with Crippen molar-refractivity contribution in [1.29, 1.82) is 0 Å². The Labute approximate surface area is 96.1 Å². The number of aromatic nitrogens is 4. The summed E-state index contributed by atoms with van der Waals surface area (Å²) in [5.74, 6) is 1.15. The third-order valence-corrected chi connectivity index (χ3v) is 3.32. The van der Waals surface area contributed by atoms with E-state index in [1.165, 1.54) is 11.8 Å². The summed E-state index contributed by atoms with van der Waals surface area (Å²) in [4.78, 5) is 8.73. The second-order valence-corrected chi connectivity index (χ2v) is 4.43. The van der Waals surface area contributed by atoms with Crippen molar-refractivity contribution < 1.29 is 5.21 Å². The fourth-order valence-corrected chi connectivity index (χ4v) is 2.40. The topological polar surface area (TPSA) is 75.3 Å². The van der Waals surface area contributed by atoms with Gasteiger partial charge in [-0.05, 0) is 25.5 Å². The van der Waals surface area contributed by atoms with Crippen molar-refractivity contribution in [3.8, 4) is 0 Å². The molecular formula is C9H11N5OS. The van der Waals surface area contributed by atoms with Gasteiger partial charge in [0.2, 0.25) is 5.16 Å². The normalized spacial score (nSPS) is 14.4. The van der Waals surface area contributed by atoms with Crippen LogP contribution in [0, 0.1) is 0 Å². The Balaban J connectivity index is 2.32. The fraction of sp³-hybridized carbons (Fsp3) is 0.444. The highest BCUT2D eigenvalue weighted by atomic mass is 32.2. The van der Waals surface area contributed by atoms with Gasteiger partial charge in [0.15, 0.2) is 5.82 Å². The lowest BCUT2D eigenvalue weighted by atomic mass is 10.2. The van der Waals surface area contributed by atoms with Gasteiger partial charge in [-0.1, -0.05) is 11.8 Å². The van der Waals surface area contributed by atoms with Crippen molar-refractivity contribution >= 4 is 23.4 Å². The molecule has 0 saturated carbocycles. The first-order chi connectivity index (χ1) is 7.83. The van der Waals surface area contributed by atoms with Crippen molar-refractivity contribution in [1.82, 2.24) is 19.6 Å². The number of nitrogens with one attached hydrogen (secondary N) is 1. The van der Waals surface area contributed by atoms with Crippen LogP contribution < -0.4 is 5.48 Å². The molecule has 0 radical (unpaired) electrons. The molecule has 0 atom stereocenters. The maximum atomic E-state index is 9.21. The van der Waals surface area contributed by atoms with Crippen LogP contribution >= 0.6 is 11.8 Å². The molecular weight excluding hydrogens is 226 g/mol. The molecule has 16 heavy (non-hydrogen) atoms. The lowest BCUT2D eigenvalue weighted by molar-refractivity contribution is 0.382. The van der Waals surface area contributed by atoms with Gasteiger partial charge in [-0.3, -0.25) is 10.7 Å². The van der Waals surface area contributed by atoms with Crippen LogP contribution in [0.5, 0.6) is 0 Å². The predicted molar refractivity (Wildman–Crippen MR) is 60.0 cm³/mol. The van der Waals surface area contributed by atoms with E-state index in [1.54, 1.807) is 4.52 Å². The number of rotatable bonds is 2. The number of hydrogen-bond acceptors (Lipinski definition) is 6. The monoisotopic (exact) mass is 237 g/mol. The molecule has 1 aliphatic rings. The number of nitrogens with zero attached hydrogens (tertiary/aromatic N) is 4. The van der Waals surface area contributed by atoms with Gasteiger partial charge in [-0.25, -0.2) is 4.98 Å². The third-order valence-electron chi connectivity index (χ3n) is 2.78. The van der Waals surface area contributed by atoms with E-state index in [4.69, 9.17) is 0 Å². The predicted octanol–water partition coefficient (Wildman–Crippen LogP) is 1.14. The molecule has 2 N–H and O–H groups in total. The molecule has 0 bridgehead atoms. The molecule has 0 fully saturated rings. The van der Waals surface area contributed by atoms with Crippen LogP contribution in [0.2, 0.25) is 0 Å². The molecule has 2 heterocycles. The first-order valence-corrected chi connectivity index (χ1v) is 6.28. The minimum absolute atomic E-state index is 0.543. The van der Waals surface area contributed by atoms with E-state index < -0.39 is 0 Å². The van der Waals surface area contributed by atoms with Gasteiger partial charge in [-0.2, -0.15) is 9.50 Å². The Morgan fingerprint density at radius 2 is 2.25 bits per heavy atom. The minimum Gasteiger partial charge on any atom is -0.290 e. The highest BCUT2D eigenvalue weighted by molar-refractivity contribution is 7.98. The smallest absolute Gasteiger partial charge is 0.255 e. The Morgan fingerprint density at radius 1 is 1.38 bits per heavy atom. The quantitative estimate of drug-likeness (QED) is 0.602. The van der Waals surface area contributed by atoms with Crippen molar-refractivity contribution in [2.75, 3.05) is 11.7 Å². The summed E-state index contributed by atoms with van der Waals surface area (Å²) in [6, 6.07) is 0. The lowest BCUT2D eigenvalue weighted by Gasteiger charge is -2.07. The Morgan fingerprint density at radius 3 is 3.00 bits per heavy atom. The summed E-state index contributed by atoms with van der Waals surface area (Å²) >= 11 is 1.46. The number of hydrogen-bond donors (Lipinski definition) is 2. The molecule has 84 valence electrons. The second kappa shape index (κ2) is 3.60. The summed E-state index contributed by atoms with van der Waals surface area (Å²) < 4.78 is 1.57. The van der Waals surface area contributed by atoms with Gasteiger partial charge in [-0.15, -0.1) is 5.10 Å². The first kappa shape index (κ1) is 9.86. The molecule has 3 rings (SSSR count). The van der Waals surface area contributed by atoms with Crippen LogP contribution in [0.3, 0.4) is 0 Å². The number of thioether (sulfide) groups is 1. The molecule has 0 amide bonds. The molecule has 0 saturated heterocycles. The van der Waals surface area contributed by atoms with Crippen molar-refractivity contribution in [2.45, 2.75) is 24.4 Å². The van der Waals surface area contributed by atoms with Gasteiger partial charge in [0.05, 0.1) is 5.69 Å². The van der Waals surface area contributed by atoms with Gasteiger partial charge in [0.1, 0.15) is 0 Å². The summed E-state index contributed by atoms with van der Waals surface area (Å²) in [5.41, 5.74) is 4.29. The van der Waals surface area contributed by atoms with E-state index in [-0.39, 0.29) is 0 Å². The molecule has 0 aromatic carbocycles. The first-order valence-electron chi connectivity index (χ1n) is 5.06. The average Bonchev–Trinajstić information content (AvgIpc) is 2.90. The summed E-state index contributed by atoms with van der Waals surface area (Å²) in [6.45, 7) is 0. The van der Waals surface area contributed by atoms with E-state index >= 15 is 0 Å². The second-order valence-electron chi connectivity index (χ2n) is 3.66. The van der Waals surface area contributed by atoms with E-state index in [0.29, 0.717) is 16.8 Å². The third kappa shape index (κ3) is 1.28. The molecule has 6 nitrogen and oxygen atoms in total. The molecule has 1 aliphatic carbocycles. The summed E-state index contributed by atoms with van der Waals surface area (Å²) in [5, 5.41) is 14.1. The molecule has 2 aromatic heterocycles. The van der Waals surface area contributed by atoms with E-state index in [9.17, 15) is 5.21 Å². The van der Waals surface area contributed by atoms with Crippen LogP contribution in [0.1, 0.15) is 17.7 Å². The highest BCUT2D eigenvalue weighted by Gasteiger charge is 2.21. The van der Waals surface area contributed by atoms with E-state index in [1.807, 2.05) is 6.26 Å². The Hall–Kier alpha value is -1.34. The summed E-state index contributed by atoms with van der Waals surface area (Å²) in [7, 11) is 0. The van der Waals surface area contributed by atoms with Gasteiger partial charge >= 0.3 is 0 Å². The molecule has 7 heteroatoms. The molecule has 0 aliphatic heterocycles. The Kier molecular flexibility index (Phi) is 2.22.